The lowest BCUT2D eigenvalue weighted by atomic mass is 10.1. The van der Waals surface area contributed by atoms with Crippen molar-refractivity contribution in [1.29, 1.82) is 0 Å². The van der Waals surface area contributed by atoms with Crippen LogP contribution in [-0.2, 0) is 0 Å². The van der Waals surface area contributed by atoms with E-state index in [1.54, 1.807) is 6.07 Å². The van der Waals surface area contributed by atoms with Gasteiger partial charge in [-0.25, -0.2) is 0 Å². The van der Waals surface area contributed by atoms with Crippen LogP contribution >= 0.6 is 31.9 Å². The highest BCUT2D eigenvalue weighted by Gasteiger charge is 2.07. The van der Waals surface area contributed by atoms with Crippen molar-refractivity contribution in [3.8, 4) is 5.75 Å². The van der Waals surface area contributed by atoms with Crippen molar-refractivity contribution in [2.75, 3.05) is 0 Å². The number of hydrogen-bond donors (Lipinski definition) is 1. The van der Waals surface area contributed by atoms with Gasteiger partial charge < -0.3 is 5.11 Å². The van der Waals surface area contributed by atoms with E-state index in [4.69, 9.17) is 0 Å². The average molecular weight is 294 g/mol. The molecule has 0 saturated carbocycles. The van der Waals surface area contributed by atoms with Gasteiger partial charge in [0, 0.05) is 10.0 Å². The molecule has 0 unspecified atom stereocenters. The quantitative estimate of drug-likeness (QED) is 0.808. The van der Waals surface area contributed by atoms with Crippen LogP contribution in [0.25, 0.3) is 0 Å². The van der Waals surface area contributed by atoms with Crippen LogP contribution in [0.4, 0.5) is 0 Å². The maximum absolute atomic E-state index is 10.9. The molecule has 1 rings (SSSR count). The number of ketones is 1. The highest BCUT2D eigenvalue weighted by molar-refractivity contribution is 9.13. The Morgan fingerprint density at radius 3 is 2.42 bits per heavy atom. The second kappa shape index (κ2) is 3.58. The van der Waals surface area contributed by atoms with Gasteiger partial charge >= 0.3 is 0 Å². The molecule has 12 heavy (non-hydrogen) atoms. The van der Waals surface area contributed by atoms with E-state index in [2.05, 4.69) is 31.9 Å². The van der Waals surface area contributed by atoms with Crippen LogP contribution in [-0.4, -0.2) is 10.9 Å². The first-order valence-electron chi connectivity index (χ1n) is 3.21. The number of Topliss-reactive ketones (excluding diaryl/α,β-unsaturated/α-hetero) is 1. The summed E-state index contributed by atoms with van der Waals surface area (Å²) in [6.07, 6.45) is 0. The standard InChI is InChI=1S/C8H6Br2O2/c1-4(11)5-2-6(9)8(10)7(12)3-5/h2-3,12H,1H3. The Morgan fingerprint density at radius 1 is 1.42 bits per heavy atom. The maximum Gasteiger partial charge on any atom is 0.159 e. The minimum absolute atomic E-state index is 0.0644. The molecule has 1 aromatic rings. The molecule has 0 fully saturated rings. The summed E-state index contributed by atoms with van der Waals surface area (Å²) in [5, 5.41) is 9.30. The normalized spacial score (nSPS) is 9.92. The number of rotatable bonds is 1. The molecular weight excluding hydrogens is 288 g/mol. The topological polar surface area (TPSA) is 37.3 Å². The van der Waals surface area contributed by atoms with Crippen LogP contribution < -0.4 is 0 Å². The van der Waals surface area contributed by atoms with Gasteiger partial charge in [-0.1, -0.05) is 0 Å². The number of hydrogen-bond acceptors (Lipinski definition) is 2. The number of aromatic hydroxyl groups is 1. The summed E-state index contributed by atoms with van der Waals surface area (Å²) in [6, 6.07) is 3.09. The third-order valence-corrected chi connectivity index (χ3v) is 3.41. The molecule has 4 heteroatoms. The molecule has 0 spiro atoms. The summed E-state index contributed by atoms with van der Waals surface area (Å²) in [5.74, 6) is -0.00641. The van der Waals surface area contributed by atoms with E-state index in [0.29, 0.717) is 14.5 Å². The average Bonchev–Trinajstić information content (AvgIpc) is 1.99. The van der Waals surface area contributed by atoms with E-state index >= 15 is 0 Å². The Labute approximate surface area is 86.9 Å². The molecule has 0 atom stereocenters. The van der Waals surface area contributed by atoms with Crippen molar-refractivity contribution in [3.63, 3.8) is 0 Å². The Morgan fingerprint density at radius 2 is 2.00 bits per heavy atom. The first kappa shape index (κ1) is 9.74. The summed E-state index contributed by atoms with van der Waals surface area (Å²) >= 11 is 6.36. The molecule has 0 aliphatic carbocycles. The van der Waals surface area contributed by atoms with Crippen LogP contribution in [0.5, 0.6) is 5.75 Å². The minimum Gasteiger partial charge on any atom is -0.507 e. The van der Waals surface area contributed by atoms with E-state index in [-0.39, 0.29) is 11.5 Å². The number of phenolic OH excluding ortho intramolecular Hbond substituents is 1. The molecule has 64 valence electrons. The highest BCUT2D eigenvalue weighted by Crippen LogP contribution is 2.32. The Hall–Kier alpha value is -0.350. The van der Waals surface area contributed by atoms with Crippen LogP contribution in [0.15, 0.2) is 21.1 Å². The van der Waals surface area contributed by atoms with E-state index in [9.17, 15) is 9.90 Å². The Bertz CT molecular complexity index is 311. The predicted molar refractivity (Wildman–Crippen MR) is 53.5 cm³/mol. The predicted octanol–water partition coefficient (Wildman–Crippen LogP) is 3.12. The molecule has 2 nitrogen and oxygen atoms in total. The summed E-state index contributed by atoms with van der Waals surface area (Å²) in [7, 11) is 0. The largest absolute Gasteiger partial charge is 0.507 e. The fraction of sp³-hybridized carbons (Fsp3) is 0.125. The van der Waals surface area contributed by atoms with Crippen LogP contribution in [0, 0.1) is 0 Å². The van der Waals surface area contributed by atoms with Crippen molar-refractivity contribution in [3.05, 3.63) is 26.6 Å². The summed E-state index contributed by atoms with van der Waals surface area (Å²) in [4.78, 5) is 10.9. The lowest BCUT2D eigenvalue weighted by Gasteiger charge is -2.02. The fourth-order valence-corrected chi connectivity index (χ4v) is 1.46. The molecule has 0 radical (unpaired) electrons. The molecule has 0 aromatic heterocycles. The zero-order valence-corrected chi connectivity index (χ0v) is 9.44. The van der Waals surface area contributed by atoms with E-state index in [1.807, 2.05) is 0 Å². The smallest absolute Gasteiger partial charge is 0.159 e. The summed E-state index contributed by atoms with van der Waals surface area (Å²) < 4.78 is 1.24. The molecule has 0 heterocycles. The molecule has 1 N–H and O–H groups in total. The number of benzene rings is 1. The molecule has 0 saturated heterocycles. The Kier molecular flexibility index (Phi) is 2.90. The van der Waals surface area contributed by atoms with Gasteiger partial charge in [-0.3, -0.25) is 4.79 Å². The van der Waals surface area contributed by atoms with Gasteiger partial charge in [0.2, 0.25) is 0 Å². The van der Waals surface area contributed by atoms with Gasteiger partial charge in [-0.05, 0) is 50.9 Å². The second-order valence-corrected chi connectivity index (χ2v) is 3.99. The van der Waals surface area contributed by atoms with Crippen LogP contribution in [0.1, 0.15) is 17.3 Å². The van der Waals surface area contributed by atoms with Gasteiger partial charge in [0.25, 0.3) is 0 Å². The third-order valence-electron chi connectivity index (χ3n) is 1.42. The number of carbonyl (C=O) groups is 1. The highest BCUT2D eigenvalue weighted by atomic mass is 79.9. The third kappa shape index (κ3) is 1.87. The van der Waals surface area contributed by atoms with E-state index in [1.165, 1.54) is 13.0 Å². The van der Waals surface area contributed by atoms with E-state index in [0.717, 1.165) is 0 Å². The Balaban J connectivity index is 3.31. The minimum atomic E-state index is -0.0708. The summed E-state index contributed by atoms with van der Waals surface area (Å²) in [5.41, 5.74) is 0.488. The van der Waals surface area contributed by atoms with Crippen LogP contribution in [0.2, 0.25) is 0 Å². The maximum atomic E-state index is 10.9. The van der Waals surface area contributed by atoms with Crippen LogP contribution in [0.3, 0.4) is 0 Å². The molecule has 0 amide bonds. The molecule has 0 bridgehead atoms. The van der Waals surface area contributed by atoms with Crippen molar-refractivity contribution in [1.82, 2.24) is 0 Å². The van der Waals surface area contributed by atoms with Gasteiger partial charge in [-0.15, -0.1) is 0 Å². The fourth-order valence-electron chi connectivity index (χ4n) is 0.778. The molecular formula is C8H6Br2O2. The van der Waals surface area contributed by atoms with Gasteiger partial charge in [0.05, 0.1) is 4.47 Å². The van der Waals surface area contributed by atoms with Gasteiger partial charge in [0.1, 0.15) is 5.75 Å². The summed E-state index contributed by atoms with van der Waals surface area (Å²) in [6.45, 7) is 1.45. The van der Waals surface area contributed by atoms with Crippen molar-refractivity contribution < 1.29 is 9.90 Å². The lowest BCUT2D eigenvalue weighted by molar-refractivity contribution is 0.101. The number of phenols is 1. The SMILES string of the molecule is CC(=O)c1cc(O)c(Br)c(Br)c1. The lowest BCUT2D eigenvalue weighted by Crippen LogP contribution is -1.91. The second-order valence-electron chi connectivity index (χ2n) is 2.35. The van der Waals surface area contributed by atoms with Crippen molar-refractivity contribution in [2.45, 2.75) is 6.92 Å². The first-order valence-corrected chi connectivity index (χ1v) is 4.80. The van der Waals surface area contributed by atoms with Crippen molar-refractivity contribution in [2.24, 2.45) is 0 Å². The van der Waals surface area contributed by atoms with E-state index < -0.39 is 0 Å². The molecule has 0 aliphatic rings. The van der Waals surface area contributed by atoms with Gasteiger partial charge in [-0.2, -0.15) is 0 Å². The number of halogens is 2. The molecule has 0 aliphatic heterocycles. The molecule has 1 aromatic carbocycles. The monoisotopic (exact) mass is 292 g/mol. The van der Waals surface area contributed by atoms with Crippen molar-refractivity contribution >= 4 is 37.6 Å². The number of carbonyl (C=O) groups excluding carboxylic acids is 1. The first-order chi connectivity index (χ1) is 5.52. The zero-order chi connectivity index (χ0) is 9.30. The zero-order valence-electron chi connectivity index (χ0n) is 6.27. The van der Waals surface area contributed by atoms with Gasteiger partial charge in [0.15, 0.2) is 5.78 Å².